The number of hydrogen-bond donors (Lipinski definition) is 2. The summed E-state index contributed by atoms with van der Waals surface area (Å²) in [6.07, 6.45) is -0.693. The van der Waals surface area contributed by atoms with E-state index in [1.807, 2.05) is 20.8 Å². The average Bonchev–Trinajstić information content (AvgIpc) is 2.35. The second kappa shape index (κ2) is 7.11. The molecule has 0 radical (unpaired) electrons. The van der Waals surface area contributed by atoms with Crippen molar-refractivity contribution in [2.45, 2.75) is 33.0 Å². The Balaban J connectivity index is 2.57. The van der Waals surface area contributed by atoms with Crippen LogP contribution in [0.1, 0.15) is 29.8 Å². The van der Waals surface area contributed by atoms with E-state index >= 15 is 0 Å². The number of carboxylic acids is 1. The van der Waals surface area contributed by atoms with Gasteiger partial charge in [0, 0.05) is 0 Å². The molecule has 5 heteroatoms. The molecule has 0 aliphatic heterocycles. The van der Waals surface area contributed by atoms with E-state index < -0.39 is 12.1 Å². The lowest BCUT2D eigenvalue weighted by Gasteiger charge is -2.15. The van der Waals surface area contributed by atoms with E-state index in [1.54, 1.807) is 6.07 Å². The summed E-state index contributed by atoms with van der Waals surface area (Å²) in [7, 11) is 0. The lowest BCUT2D eigenvalue weighted by atomic mass is 10.1. The fourth-order valence-corrected chi connectivity index (χ4v) is 1.43. The molecule has 0 heterocycles. The maximum absolute atomic E-state index is 10.9. The average molecular weight is 268 g/mol. The zero-order valence-corrected chi connectivity index (χ0v) is 11.4. The van der Waals surface area contributed by atoms with E-state index in [4.69, 9.17) is 14.6 Å². The summed E-state index contributed by atoms with van der Waals surface area (Å²) in [5.41, 5.74) is 0.982. The molecule has 0 aromatic heterocycles. The van der Waals surface area contributed by atoms with Gasteiger partial charge in [-0.15, -0.1) is 0 Å². The Morgan fingerprint density at radius 1 is 1.32 bits per heavy atom. The highest BCUT2D eigenvalue weighted by molar-refractivity contribution is 5.88. The summed E-state index contributed by atoms with van der Waals surface area (Å²) in [6.45, 7) is 5.84. The normalized spacial score (nSPS) is 12.5. The maximum atomic E-state index is 10.9. The zero-order chi connectivity index (χ0) is 14.4. The van der Waals surface area contributed by atoms with E-state index in [2.05, 4.69) is 0 Å². The van der Waals surface area contributed by atoms with Crippen LogP contribution < -0.4 is 4.74 Å². The number of aliphatic hydroxyl groups is 1. The van der Waals surface area contributed by atoms with Crippen molar-refractivity contribution >= 4 is 5.97 Å². The minimum atomic E-state index is -1.01. The van der Waals surface area contributed by atoms with Gasteiger partial charge in [-0.1, -0.05) is 6.07 Å². The number of benzene rings is 1. The number of carbonyl (C=O) groups is 1. The number of carboxylic acid groups (broad SMARTS) is 1. The van der Waals surface area contributed by atoms with Gasteiger partial charge in [0.25, 0.3) is 0 Å². The number of aliphatic hydroxyl groups excluding tert-OH is 1. The number of hydrogen-bond acceptors (Lipinski definition) is 4. The molecule has 1 aromatic carbocycles. The molecule has 0 aliphatic carbocycles. The number of aryl methyl sites for hydroxylation is 1. The Bertz CT molecular complexity index is 428. The van der Waals surface area contributed by atoms with Crippen LogP contribution in [0.2, 0.25) is 0 Å². The van der Waals surface area contributed by atoms with Crippen molar-refractivity contribution in [1.29, 1.82) is 0 Å². The van der Waals surface area contributed by atoms with Gasteiger partial charge in [0.15, 0.2) is 0 Å². The topological polar surface area (TPSA) is 76.0 Å². The first kappa shape index (κ1) is 15.5. The molecule has 0 saturated carbocycles. The van der Waals surface area contributed by atoms with Gasteiger partial charge < -0.3 is 19.7 Å². The highest BCUT2D eigenvalue weighted by atomic mass is 16.5. The van der Waals surface area contributed by atoms with Crippen LogP contribution in [-0.2, 0) is 4.74 Å². The van der Waals surface area contributed by atoms with Gasteiger partial charge in [-0.25, -0.2) is 4.79 Å². The van der Waals surface area contributed by atoms with Gasteiger partial charge in [-0.3, -0.25) is 0 Å². The van der Waals surface area contributed by atoms with Crippen LogP contribution >= 0.6 is 0 Å². The standard InChI is InChI=1S/C14H20O5/c1-9(2)18-7-12(15)8-19-13-6-11(14(16)17)5-4-10(13)3/h4-6,9,12,15H,7-8H2,1-3H3,(H,16,17). The van der Waals surface area contributed by atoms with Crippen molar-refractivity contribution in [2.24, 2.45) is 0 Å². The third kappa shape index (κ3) is 5.28. The molecular weight excluding hydrogens is 248 g/mol. The molecule has 1 atom stereocenters. The SMILES string of the molecule is Cc1ccc(C(=O)O)cc1OCC(O)COC(C)C. The van der Waals surface area contributed by atoms with Gasteiger partial charge >= 0.3 is 5.97 Å². The summed E-state index contributed by atoms with van der Waals surface area (Å²) in [6, 6.07) is 4.65. The first-order valence-electron chi connectivity index (χ1n) is 6.16. The zero-order valence-electron chi connectivity index (χ0n) is 11.4. The molecule has 0 fully saturated rings. The predicted octanol–water partition coefficient (Wildman–Crippen LogP) is 1.86. The molecule has 19 heavy (non-hydrogen) atoms. The second-order valence-corrected chi connectivity index (χ2v) is 4.63. The van der Waals surface area contributed by atoms with E-state index in [1.165, 1.54) is 12.1 Å². The van der Waals surface area contributed by atoms with Crippen molar-refractivity contribution < 1.29 is 24.5 Å². The molecule has 0 amide bonds. The molecule has 0 bridgehead atoms. The quantitative estimate of drug-likeness (QED) is 0.789. The van der Waals surface area contributed by atoms with Crippen molar-refractivity contribution in [3.8, 4) is 5.75 Å². The maximum Gasteiger partial charge on any atom is 0.335 e. The van der Waals surface area contributed by atoms with Crippen molar-refractivity contribution in [2.75, 3.05) is 13.2 Å². The van der Waals surface area contributed by atoms with Gasteiger partial charge in [-0.05, 0) is 38.5 Å². The molecule has 1 unspecified atom stereocenters. The van der Waals surface area contributed by atoms with Crippen LogP contribution in [-0.4, -0.2) is 41.6 Å². The van der Waals surface area contributed by atoms with Crippen LogP contribution in [0, 0.1) is 6.92 Å². The predicted molar refractivity (Wildman–Crippen MR) is 70.7 cm³/mol. The lowest BCUT2D eigenvalue weighted by molar-refractivity contribution is -0.0123. The van der Waals surface area contributed by atoms with E-state index in [0.717, 1.165) is 5.56 Å². The monoisotopic (exact) mass is 268 g/mol. The number of rotatable bonds is 7. The summed E-state index contributed by atoms with van der Waals surface area (Å²) in [4.78, 5) is 10.9. The minimum absolute atomic E-state index is 0.0479. The van der Waals surface area contributed by atoms with E-state index in [9.17, 15) is 9.90 Å². The molecule has 1 rings (SSSR count). The van der Waals surface area contributed by atoms with Gasteiger partial charge in [0.1, 0.15) is 18.5 Å². The van der Waals surface area contributed by atoms with Gasteiger partial charge in [-0.2, -0.15) is 0 Å². The molecular formula is C14H20O5. The molecule has 0 spiro atoms. The largest absolute Gasteiger partial charge is 0.491 e. The first-order valence-corrected chi connectivity index (χ1v) is 6.16. The highest BCUT2D eigenvalue weighted by Gasteiger charge is 2.10. The van der Waals surface area contributed by atoms with Gasteiger partial charge in [0.05, 0.1) is 18.3 Å². The minimum Gasteiger partial charge on any atom is -0.491 e. The van der Waals surface area contributed by atoms with Crippen LogP contribution in [0.3, 0.4) is 0 Å². The van der Waals surface area contributed by atoms with Crippen LogP contribution in [0.25, 0.3) is 0 Å². The fourth-order valence-electron chi connectivity index (χ4n) is 1.43. The summed E-state index contributed by atoms with van der Waals surface area (Å²) in [5.74, 6) is -0.544. The Labute approximate surface area is 112 Å². The summed E-state index contributed by atoms with van der Waals surface area (Å²) < 4.78 is 10.7. The van der Waals surface area contributed by atoms with Crippen LogP contribution in [0.4, 0.5) is 0 Å². The molecule has 106 valence electrons. The van der Waals surface area contributed by atoms with Crippen LogP contribution in [0.5, 0.6) is 5.75 Å². The lowest BCUT2D eigenvalue weighted by Crippen LogP contribution is -2.25. The molecule has 0 saturated heterocycles. The molecule has 2 N–H and O–H groups in total. The third-order valence-corrected chi connectivity index (χ3v) is 2.49. The first-order chi connectivity index (χ1) is 8.90. The Kier molecular flexibility index (Phi) is 5.79. The molecule has 0 aliphatic rings. The Hall–Kier alpha value is -1.59. The second-order valence-electron chi connectivity index (χ2n) is 4.63. The van der Waals surface area contributed by atoms with Crippen molar-refractivity contribution in [1.82, 2.24) is 0 Å². The Morgan fingerprint density at radius 3 is 2.58 bits per heavy atom. The highest BCUT2D eigenvalue weighted by Crippen LogP contribution is 2.19. The Morgan fingerprint density at radius 2 is 2.00 bits per heavy atom. The van der Waals surface area contributed by atoms with E-state index in [-0.39, 0.29) is 24.9 Å². The fraction of sp³-hybridized carbons (Fsp3) is 0.500. The molecule has 1 aromatic rings. The number of aromatic carboxylic acids is 1. The van der Waals surface area contributed by atoms with Crippen LogP contribution in [0.15, 0.2) is 18.2 Å². The summed E-state index contributed by atoms with van der Waals surface area (Å²) >= 11 is 0. The van der Waals surface area contributed by atoms with Crippen molar-refractivity contribution in [3.63, 3.8) is 0 Å². The summed E-state index contributed by atoms with van der Waals surface area (Å²) in [5, 5.41) is 18.6. The third-order valence-electron chi connectivity index (χ3n) is 2.49. The number of ether oxygens (including phenoxy) is 2. The molecule has 5 nitrogen and oxygen atoms in total. The van der Waals surface area contributed by atoms with Gasteiger partial charge in [0.2, 0.25) is 0 Å². The van der Waals surface area contributed by atoms with E-state index in [0.29, 0.717) is 5.75 Å². The smallest absolute Gasteiger partial charge is 0.335 e. The van der Waals surface area contributed by atoms with Crippen molar-refractivity contribution in [3.05, 3.63) is 29.3 Å².